The summed E-state index contributed by atoms with van der Waals surface area (Å²) in [7, 11) is 3.47. The Hall–Kier alpha value is -3.19. The van der Waals surface area contributed by atoms with Crippen LogP contribution in [-0.4, -0.2) is 83.4 Å². The van der Waals surface area contributed by atoms with Crippen LogP contribution in [0.5, 0.6) is 0 Å². The van der Waals surface area contributed by atoms with E-state index in [0.717, 1.165) is 29.5 Å². The molecular weight excluding hydrogens is 430 g/mol. The van der Waals surface area contributed by atoms with Crippen LogP contribution in [0.2, 0.25) is 0 Å². The Bertz CT molecular complexity index is 1110. The molecule has 3 fully saturated rings. The summed E-state index contributed by atoms with van der Waals surface area (Å²) < 4.78 is 0. The predicted molar refractivity (Wildman–Crippen MR) is 128 cm³/mol. The fraction of sp³-hybridized carbons (Fsp3) is 0.444. The first kappa shape index (κ1) is 22.6. The Labute approximate surface area is 200 Å². The summed E-state index contributed by atoms with van der Waals surface area (Å²) in [5.41, 5.74) is 3.64. The van der Waals surface area contributed by atoms with Crippen molar-refractivity contribution in [1.29, 1.82) is 0 Å². The van der Waals surface area contributed by atoms with Crippen molar-refractivity contribution in [3.63, 3.8) is 0 Å². The Morgan fingerprint density at radius 3 is 2.44 bits per heavy atom. The van der Waals surface area contributed by atoms with Crippen molar-refractivity contribution in [2.75, 3.05) is 33.8 Å². The first-order valence-electron chi connectivity index (χ1n) is 12.0. The van der Waals surface area contributed by atoms with Gasteiger partial charge in [-0.3, -0.25) is 14.4 Å². The standard InChI is InChI=1S/C27H31N3O4/c1-28(2)27(34)21-5-3-4-20(13-21)18-8-10-19(11-9-18)26-22-14-29(24(32)12-17-6-7-17)15-25(33)30(22)23(26)16-31/h3-5,8-11,13,17,22-23,26,31H,6-7,12,14-16H2,1-2H3/t22-,23+,26+/m1/s1. The normalized spacial score (nSPS) is 23.9. The molecule has 2 heterocycles. The third kappa shape index (κ3) is 4.09. The summed E-state index contributed by atoms with van der Waals surface area (Å²) in [5, 5.41) is 10.0. The smallest absolute Gasteiger partial charge is 0.253 e. The third-order valence-electron chi connectivity index (χ3n) is 7.41. The second kappa shape index (κ2) is 8.87. The van der Waals surface area contributed by atoms with Crippen molar-refractivity contribution in [2.24, 2.45) is 5.92 Å². The van der Waals surface area contributed by atoms with E-state index in [1.165, 1.54) is 0 Å². The fourth-order valence-corrected chi connectivity index (χ4v) is 5.38. The average molecular weight is 462 g/mol. The van der Waals surface area contributed by atoms with Crippen LogP contribution in [-0.2, 0) is 9.59 Å². The Morgan fingerprint density at radius 2 is 1.79 bits per heavy atom. The first-order valence-corrected chi connectivity index (χ1v) is 12.0. The van der Waals surface area contributed by atoms with Gasteiger partial charge in [0.1, 0.15) is 0 Å². The quantitative estimate of drug-likeness (QED) is 0.716. The number of benzene rings is 2. The molecule has 2 aromatic rings. The van der Waals surface area contributed by atoms with E-state index >= 15 is 0 Å². The van der Waals surface area contributed by atoms with Crippen molar-refractivity contribution >= 4 is 17.7 Å². The number of aliphatic hydroxyl groups excluding tert-OH is 1. The number of hydrogen-bond acceptors (Lipinski definition) is 4. The molecule has 5 rings (SSSR count). The second-order valence-electron chi connectivity index (χ2n) is 9.97. The molecule has 34 heavy (non-hydrogen) atoms. The average Bonchev–Trinajstić information content (AvgIpc) is 3.64. The molecule has 3 amide bonds. The van der Waals surface area contributed by atoms with Crippen molar-refractivity contribution in [2.45, 2.75) is 37.3 Å². The van der Waals surface area contributed by atoms with E-state index in [0.29, 0.717) is 24.4 Å². The van der Waals surface area contributed by atoms with Gasteiger partial charge in [-0.05, 0) is 47.6 Å². The van der Waals surface area contributed by atoms with Crippen molar-refractivity contribution < 1.29 is 19.5 Å². The summed E-state index contributed by atoms with van der Waals surface area (Å²) in [6.45, 7) is 0.542. The predicted octanol–water partition coefficient (Wildman–Crippen LogP) is 2.35. The largest absolute Gasteiger partial charge is 0.394 e. The number of rotatable bonds is 6. The molecule has 0 bridgehead atoms. The minimum Gasteiger partial charge on any atom is -0.394 e. The van der Waals surface area contributed by atoms with Gasteiger partial charge in [0.2, 0.25) is 11.8 Å². The van der Waals surface area contributed by atoms with Gasteiger partial charge in [-0.25, -0.2) is 0 Å². The summed E-state index contributed by atoms with van der Waals surface area (Å²) in [4.78, 5) is 42.8. The van der Waals surface area contributed by atoms with Crippen LogP contribution in [0.25, 0.3) is 11.1 Å². The molecule has 3 aliphatic rings. The highest BCUT2D eigenvalue weighted by molar-refractivity contribution is 5.95. The molecule has 1 N–H and O–H groups in total. The highest BCUT2D eigenvalue weighted by Gasteiger charge is 2.54. The van der Waals surface area contributed by atoms with E-state index in [9.17, 15) is 19.5 Å². The maximum atomic E-state index is 12.8. The highest BCUT2D eigenvalue weighted by Crippen LogP contribution is 2.43. The molecule has 0 aromatic heterocycles. The van der Waals surface area contributed by atoms with Gasteiger partial charge in [-0.15, -0.1) is 0 Å². The maximum Gasteiger partial charge on any atom is 0.253 e. The number of carbonyl (C=O) groups is 3. The number of fused-ring (bicyclic) bond motifs is 1. The summed E-state index contributed by atoms with van der Waals surface area (Å²) in [5.74, 6) is 0.434. The summed E-state index contributed by atoms with van der Waals surface area (Å²) in [6, 6.07) is 15.3. The molecule has 0 spiro atoms. The van der Waals surface area contributed by atoms with Crippen LogP contribution in [0.1, 0.15) is 41.1 Å². The molecule has 7 nitrogen and oxygen atoms in total. The summed E-state index contributed by atoms with van der Waals surface area (Å²) >= 11 is 0. The molecule has 2 aliphatic heterocycles. The Morgan fingerprint density at radius 1 is 1.06 bits per heavy atom. The summed E-state index contributed by atoms with van der Waals surface area (Å²) in [6.07, 6.45) is 2.76. The SMILES string of the molecule is CN(C)C(=O)c1cccc(-c2ccc([C@H]3[C@H]4CN(C(=O)CC5CC5)CC(=O)N4[C@H]3CO)cc2)c1. The lowest BCUT2D eigenvalue weighted by molar-refractivity contribution is -0.167. The number of carbonyl (C=O) groups excluding carboxylic acids is 3. The third-order valence-corrected chi connectivity index (χ3v) is 7.41. The van der Waals surface area contributed by atoms with Crippen LogP contribution in [0, 0.1) is 5.92 Å². The molecule has 1 saturated carbocycles. The molecule has 0 radical (unpaired) electrons. The first-order chi connectivity index (χ1) is 16.4. The lowest BCUT2D eigenvalue weighted by Gasteiger charge is -2.58. The van der Waals surface area contributed by atoms with Gasteiger partial charge in [-0.1, -0.05) is 36.4 Å². The van der Waals surface area contributed by atoms with Gasteiger partial charge in [0.25, 0.3) is 5.91 Å². The minimum atomic E-state index is -0.259. The van der Waals surface area contributed by atoms with Crippen molar-refractivity contribution in [3.8, 4) is 11.1 Å². The van der Waals surface area contributed by atoms with Crippen LogP contribution in [0.15, 0.2) is 48.5 Å². The molecule has 7 heteroatoms. The Balaban J connectivity index is 1.35. The van der Waals surface area contributed by atoms with Crippen molar-refractivity contribution in [3.05, 3.63) is 59.7 Å². The van der Waals surface area contributed by atoms with E-state index in [1.807, 2.05) is 48.5 Å². The van der Waals surface area contributed by atoms with Crippen LogP contribution in [0.4, 0.5) is 0 Å². The molecule has 0 unspecified atom stereocenters. The lowest BCUT2D eigenvalue weighted by Crippen LogP contribution is -2.73. The second-order valence-corrected chi connectivity index (χ2v) is 9.97. The van der Waals surface area contributed by atoms with Crippen LogP contribution >= 0.6 is 0 Å². The monoisotopic (exact) mass is 461 g/mol. The molecular formula is C27H31N3O4. The van der Waals surface area contributed by atoms with Gasteiger partial charge >= 0.3 is 0 Å². The number of hydrogen-bond donors (Lipinski definition) is 1. The maximum absolute atomic E-state index is 12.8. The van der Waals surface area contributed by atoms with E-state index < -0.39 is 0 Å². The molecule has 178 valence electrons. The van der Waals surface area contributed by atoms with Crippen molar-refractivity contribution in [1.82, 2.24) is 14.7 Å². The van der Waals surface area contributed by atoms with Crippen LogP contribution < -0.4 is 0 Å². The molecule has 1 aliphatic carbocycles. The van der Waals surface area contributed by atoms with Gasteiger partial charge in [0.05, 0.1) is 25.2 Å². The zero-order valence-corrected chi connectivity index (χ0v) is 19.7. The van der Waals surface area contributed by atoms with E-state index in [4.69, 9.17) is 0 Å². The lowest BCUT2D eigenvalue weighted by atomic mass is 9.73. The number of piperazine rings is 1. The van der Waals surface area contributed by atoms with Gasteiger partial charge in [0.15, 0.2) is 0 Å². The zero-order valence-electron chi connectivity index (χ0n) is 19.7. The Kier molecular flexibility index (Phi) is 5.90. The highest BCUT2D eigenvalue weighted by atomic mass is 16.3. The topological polar surface area (TPSA) is 81.2 Å². The minimum absolute atomic E-state index is 0.0128. The van der Waals surface area contributed by atoms with Gasteiger partial charge in [-0.2, -0.15) is 0 Å². The number of nitrogens with zero attached hydrogens (tertiary/aromatic N) is 3. The molecule has 3 atom stereocenters. The number of aliphatic hydroxyl groups is 1. The van der Waals surface area contributed by atoms with E-state index in [1.54, 1.807) is 28.8 Å². The fourth-order valence-electron chi connectivity index (χ4n) is 5.38. The van der Waals surface area contributed by atoms with Gasteiger partial charge < -0.3 is 19.8 Å². The number of amides is 3. The van der Waals surface area contributed by atoms with E-state index in [2.05, 4.69) is 0 Å². The van der Waals surface area contributed by atoms with Crippen LogP contribution in [0.3, 0.4) is 0 Å². The van der Waals surface area contributed by atoms with Gasteiger partial charge in [0, 0.05) is 38.5 Å². The van der Waals surface area contributed by atoms with E-state index in [-0.39, 0.29) is 48.9 Å². The molecule has 2 saturated heterocycles. The zero-order chi connectivity index (χ0) is 24.0. The molecule has 2 aromatic carbocycles.